The molecule has 0 atom stereocenters. The van der Waals surface area contributed by atoms with E-state index in [0.29, 0.717) is 12.3 Å². The molecule has 1 aromatic carbocycles. The quantitative estimate of drug-likeness (QED) is 0.671. The Balaban J connectivity index is 2.16. The number of rotatable bonds is 2. The predicted octanol–water partition coefficient (Wildman–Crippen LogP) is 2.61. The second kappa shape index (κ2) is 3.88. The fourth-order valence-electron chi connectivity index (χ4n) is 1.27. The molecule has 2 rings (SSSR count). The zero-order valence-corrected chi connectivity index (χ0v) is 8.13. The van der Waals surface area contributed by atoms with Crippen LogP contribution in [-0.2, 0) is 0 Å². The Morgan fingerprint density at radius 1 is 1.21 bits per heavy atom. The van der Waals surface area contributed by atoms with Crippen molar-refractivity contribution in [2.75, 3.05) is 5.88 Å². The summed E-state index contributed by atoms with van der Waals surface area (Å²) in [5.74, 6) is 0.152. The maximum absolute atomic E-state index is 12.6. The van der Waals surface area contributed by atoms with Crippen LogP contribution in [-0.4, -0.2) is 17.3 Å². The molecular formula is C10H8ClFN2. The predicted molar refractivity (Wildman–Crippen MR) is 55.7 cm³/mol. The lowest BCUT2D eigenvalue weighted by Gasteiger charge is -1.98. The fourth-order valence-corrected chi connectivity index (χ4v) is 1.42. The molecule has 14 heavy (non-hydrogen) atoms. The van der Waals surface area contributed by atoms with Crippen LogP contribution in [0.3, 0.4) is 0 Å². The van der Waals surface area contributed by atoms with E-state index in [-0.39, 0.29) is 5.82 Å². The van der Waals surface area contributed by atoms with Crippen molar-refractivity contribution in [2.45, 2.75) is 6.42 Å². The van der Waals surface area contributed by atoms with E-state index in [0.717, 1.165) is 17.0 Å². The summed E-state index contributed by atoms with van der Waals surface area (Å²) in [7, 11) is 0. The van der Waals surface area contributed by atoms with E-state index >= 15 is 0 Å². The molecule has 0 amide bonds. The molecule has 1 heterocycles. The maximum Gasteiger partial charge on any atom is 0.123 e. The minimum absolute atomic E-state index is 0.245. The van der Waals surface area contributed by atoms with Gasteiger partial charge in [-0.3, -0.25) is 0 Å². The first kappa shape index (κ1) is 9.34. The second-order valence-electron chi connectivity index (χ2n) is 3.03. The topological polar surface area (TPSA) is 24.7 Å². The first-order valence-corrected chi connectivity index (χ1v) is 4.77. The lowest BCUT2D eigenvalue weighted by atomic mass is 10.1. The van der Waals surface area contributed by atoms with E-state index in [1.54, 1.807) is 12.1 Å². The van der Waals surface area contributed by atoms with Gasteiger partial charge in [0.25, 0.3) is 0 Å². The van der Waals surface area contributed by atoms with E-state index in [1.807, 2.05) is 0 Å². The number of nitrogens with zero attached hydrogens (tertiary/aromatic N) is 2. The van der Waals surface area contributed by atoms with Crippen molar-refractivity contribution < 1.29 is 4.39 Å². The van der Waals surface area contributed by atoms with Crippen molar-refractivity contribution in [3.63, 3.8) is 0 Å². The summed E-state index contributed by atoms with van der Waals surface area (Å²) in [6, 6.07) is 6.22. The molecule has 0 saturated carbocycles. The van der Waals surface area contributed by atoms with Crippen molar-refractivity contribution in [1.82, 2.24) is 0 Å². The highest BCUT2D eigenvalue weighted by Crippen LogP contribution is 2.12. The molecule has 0 spiro atoms. The lowest BCUT2D eigenvalue weighted by molar-refractivity contribution is 0.628. The summed E-state index contributed by atoms with van der Waals surface area (Å²) in [6.07, 6.45) is 0.662. The number of alkyl halides is 1. The lowest BCUT2D eigenvalue weighted by Crippen LogP contribution is -2.04. The van der Waals surface area contributed by atoms with Crippen LogP contribution in [0.5, 0.6) is 0 Å². The molecule has 1 aliphatic heterocycles. The highest BCUT2D eigenvalue weighted by molar-refractivity contribution is 6.32. The SMILES string of the molecule is Fc1ccc(C2=NN=C(CCl)C2)cc1. The van der Waals surface area contributed by atoms with Crippen LogP contribution in [0.4, 0.5) is 4.39 Å². The van der Waals surface area contributed by atoms with Crippen molar-refractivity contribution in [2.24, 2.45) is 10.2 Å². The molecule has 1 aromatic rings. The van der Waals surface area contributed by atoms with Crippen LogP contribution < -0.4 is 0 Å². The molecule has 0 aromatic heterocycles. The van der Waals surface area contributed by atoms with Gasteiger partial charge >= 0.3 is 0 Å². The van der Waals surface area contributed by atoms with Gasteiger partial charge < -0.3 is 0 Å². The van der Waals surface area contributed by atoms with Gasteiger partial charge in [-0.1, -0.05) is 12.1 Å². The van der Waals surface area contributed by atoms with Crippen LogP contribution in [0.15, 0.2) is 34.5 Å². The van der Waals surface area contributed by atoms with Crippen LogP contribution in [0.1, 0.15) is 12.0 Å². The Morgan fingerprint density at radius 2 is 1.93 bits per heavy atom. The first-order valence-electron chi connectivity index (χ1n) is 4.24. The van der Waals surface area contributed by atoms with Crippen molar-refractivity contribution in [3.8, 4) is 0 Å². The molecule has 72 valence electrons. The Morgan fingerprint density at radius 3 is 2.50 bits per heavy atom. The van der Waals surface area contributed by atoms with E-state index in [4.69, 9.17) is 11.6 Å². The second-order valence-corrected chi connectivity index (χ2v) is 3.30. The minimum atomic E-state index is -0.245. The van der Waals surface area contributed by atoms with Gasteiger partial charge in [0, 0.05) is 6.42 Å². The summed E-state index contributed by atoms with van der Waals surface area (Å²) in [6.45, 7) is 0. The van der Waals surface area contributed by atoms with Crippen LogP contribution >= 0.6 is 11.6 Å². The highest BCUT2D eigenvalue weighted by atomic mass is 35.5. The third-order valence-electron chi connectivity index (χ3n) is 2.02. The molecule has 2 nitrogen and oxygen atoms in total. The van der Waals surface area contributed by atoms with E-state index in [1.165, 1.54) is 12.1 Å². The van der Waals surface area contributed by atoms with Gasteiger partial charge in [0.05, 0.1) is 17.3 Å². The number of benzene rings is 1. The van der Waals surface area contributed by atoms with Gasteiger partial charge in [-0.2, -0.15) is 10.2 Å². The standard InChI is InChI=1S/C10H8ClFN2/c11-6-9-5-10(14-13-9)7-1-3-8(12)4-2-7/h1-4H,5-6H2. The molecule has 0 saturated heterocycles. The maximum atomic E-state index is 12.6. The number of hydrogen-bond donors (Lipinski definition) is 0. The Labute approximate surface area is 86.1 Å². The van der Waals surface area contributed by atoms with Gasteiger partial charge in [0.15, 0.2) is 0 Å². The average molecular weight is 211 g/mol. The van der Waals surface area contributed by atoms with Crippen molar-refractivity contribution in [1.29, 1.82) is 0 Å². The summed E-state index contributed by atoms with van der Waals surface area (Å²) < 4.78 is 12.6. The molecule has 1 aliphatic rings. The Hall–Kier alpha value is -1.22. The van der Waals surface area contributed by atoms with Gasteiger partial charge in [-0.05, 0) is 17.7 Å². The zero-order valence-electron chi connectivity index (χ0n) is 7.37. The molecule has 0 aliphatic carbocycles. The molecular weight excluding hydrogens is 203 g/mol. The molecule has 4 heteroatoms. The number of halogens is 2. The smallest absolute Gasteiger partial charge is 0.123 e. The van der Waals surface area contributed by atoms with Gasteiger partial charge in [-0.15, -0.1) is 11.6 Å². The summed E-state index contributed by atoms with van der Waals surface area (Å²) in [5, 5.41) is 7.90. The molecule has 0 N–H and O–H groups in total. The Bertz CT molecular complexity index is 395. The summed E-state index contributed by atoms with van der Waals surface area (Å²) in [4.78, 5) is 0. The highest BCUT2D eigenvalue weighted by Gasteiger charge is 2.13. The van der Waals surface area contributed by atoms with E-state index in [9.17, 15) is 4.39 Å². The van der Waals surface area contributed by atoms with Crippen molar-refractivity contribution >= 4 is 23.0 Å². The Kier molecular flexibility index (Phi) is 2.59. The van der Waals surface area contributed by atoms with Gasteiger partial charge in [0.1, 0.15) is 5.82 Å². The van der Waals surface area contributed by atoms with Crippen molar-refractivity contribution in [3.05, 3.63) is 35.6 Å². The fraction of sp³-hybridized carbons (Fsp3) is 0.200. The van der Waals surface area contributed by atoms with Gasteiger partial charge in [0.2, 0.25) is 0 Å². The van der Waals surface area contributed by atoms with E-state index in [2.05, 4.69) is 10.2 Å². The zero-order chi connectivity index (χ0) is 9.97. The van der Waals surface area contributed by atoms with E-state index < -0.39 is 0 Å². The van der Waals surface area contributed by atoms with Crippen LogP contribution in [0, 0.1) is 5.82 Å². The normalized spacial score (nSPS) is 15.3. The molecule has 0 bridgehead atoms. The first-order chi connectivity index (χ1) is 6.79. The molecule has 0 unspecified atom stereocenters. The van der Waals surface area contributed by atoms with Crippen LogP contribution in [0.25, 0.3) is 0 Å². The molecule has 0 radical (unpaired) electrons. The third-order valence-corrected chi connectivity index (χ3v) is 2.32. The summed E-state index contributed by atoms with van der Waals surface area (Å²) >= 11 is 5.62. The number of hydrogen-bond acceptors (Lipinski definition) is 2. The third kappa shape index (κ3) is 1.82. The van der Waals surface area contributed by atoms with Crippen LogP contribution in [0.2, 0.25) is 0 Å². The molecule has 0 fully saturated rings. The van der Waals surface area contributed by atoms with Gasteiger partial charge in [-0.25, -0.2) is 4.39 Å². The average Bonchev–Trinajstić information content (AvgIpc) is 2.67. The monoisotopic (exact) mass is 210 g/mol. The minimum Gasteiger partial charge on any atom is -0.207 e. The summed E-state index contributed by atoms with van der Waals surface area (Å²) in [5.41, 5.74) is 2.60. The largest absolute Gasteiger partial charge is 0.207 e.